The Morgan fingerprint density at radius 2 is 2.11 bits per heavy atom. The molecule has 0 aliphatic carbocycles. The van der Waals surface area contributed by atoms with Crippen LogP contribution in [0.4, 0.5) is 4.39 Å². The third-order valence-electron chi connectivity index (χ3n) is 2.96. The maximum Gasteiger partial charge on any atom is 0.132 e. The number of rotatable bonds is 2. The van der Waals surface area contributed by atoms with Gasteiger partial charge < -0.3 is 4.57 Å². The lowest BCUT2D eigenvalue weighted by Gasteiger charge is -2.07. The largest absolute Gasteiger partial charge is 0.343 e. The van der Waals surface area contributed by atoms with E-state index in [1.165, 1.54) is 6.07 Å². The molecule has 0 saturated carbocycles. The topological polar surface area (TPSA) is 17.8 Å². The molecule has 0 aliphatic rings. The van der Waals surface area contributed by atoms with Crippen LogP contribution < -0.4 is 0 Å². The minimum Gasteiger partial charge on any atom is -0.343 e. The van der Waals surface area contributed by atoms with Crippen LogP contribution >= 0.6 is 11.6 Å². The van der Waals surface area contributed by atoms with Crippen molar-refractivity contribution in [2.24, 2.45) is 0 Å². The van der Waals surface area contributed by atoms with E-state index in [1.54, 1.807) is 24.5 Å². The van der Waals surface area contributed by atoms with Gasteiger partial charge in [0, 0.05) is 30.5 Å². The van der Waals surface area contributed by atoms with Gasteiger partial charge in [-0.05, 0) is 29.8 Å². The number of hydrogen-bond donors (Lipinski definition) is 0. The molecule has 4 heteroatoms. The first-order valence-electron chi connectivity index (χ1n) is 5.57. The maximum absolute atomic E-state index is 13.6. The van der Waals surface area contributed by atoms with Crippen molar-refractivity contribution in [2.75, 3.05) is 0 Å². The Bertz CT molecular complexity index is 706. The number of nitrogens with zero attached hydrogens (tertiary/aromatic N) is 2. The van der Waals surface area contributed by atoms with Crippen molar-refractivity contribution in [3.8, 4) is 0 Å². The van der Waals surface area contributed by atoms with E-state index in [0.717, 1.165) is 11.1 Å². The summed E-state index contributed by atoms with van der Waals surface area (Å²) in [5.41, 5.74) is 1.83. The molecule has 0 unspecified atom stereocenters. The third kappa shape index (κ3) is 1.87. The standard InChI is InChI=1S/C14H10ClFN2/c15-12-8-17-6-4-10(12)9-18-7-5-11-13(16)2-1-3-14(11)18/h1-8H,9H2. The molecule has 0 fully saturated rings. The molecule has 3 rings (SSSR count). The highest BCUT2D eigenvalue weighted by molar-refractivity contribution is 6.31. The third-order valence-corrected chi connectivity index (χ3v) is 3.30. The first-order valence-corrected chi connectivity index (χ1v) is 5.95. The molecule has 90 valence electrons. The average molecular weight is 261 g/mol. The lowest BCUT2D eigenvalue weighted by Crippen LogP contribution is -1.98. The van der Waals surface area contributed by atoms with Gasteiger partial charge in [0.25, 0.3) is 0 Å². The number of hydrogen-bond acceptors (Lipinski definition) is 1. The second-order valence-corrected chi connectivity index (χ2v) is 4.49. The van der Waals surface area contributed by atoms with Gasteiger partial charge in [0.15, 0.2) is 0 Å². The number of pyridine rings is 1. The van der Waals surface area contributed by atoms with Crippen LogP contribution in [-0.4, -0.2) is 9.55 Å². The number of aromatic nitrogens is 2. The van der Waals surface area contributed by atoms with Gasteiger partial charge in [-0.25, -0.2) is 4.39 Å². The summed E-state index contributed by atoms with van der Waals surface area (Å²) in [4.78, 5) is 3.95. The van der Waals surface area contributed by atoms with Gasteiger partial charge >= 0.3 is 0 Å². The van der Waals surface area contributed by atoms with E-state index in [-0.39, 0.29) is 5.82 Å². The molecule has 1 aromatic carbocycles. The summed E-state index contributed by atoms with van der Waals surface area (Å²) >= 11 is 6.07. The zero-order valence-corrected chi connectivity index (χ0v) is 10.2. The molecule has 0 aliphatic heterocycles. The highest BCUT2D eigenvalue weighted by Gasteiger charge is 2.07. The molecule has 0 N–H and O–H groups in total. The van der Waals surface area contributed by atoms with Gasteiger partial charge in [-0.15, -0.1) is 0 Å². The molecule has 18 heavy (non-hydrogen) atoms. The molecule has 0 radical (unpaired) electrons. The second kappa shape index (κ2) is 4.42. The molecule has 2 heterocycles. The van der Waals surface area contributed by atoms with E-state index in [1.807, 2.05) is 22.9 Å². The molecule has 2 nitrogen and oxygen atoms in total. The SMILES string of the molecule is Fc1cccc2c1ccn2Cc1ccncc1Cl. The van der Waals surface area contributed by atoms with E-state index in [0.29, 0.717) is 17.0 Å². The zero-order chi connectivity index (χ0) is 12.5. The zero-order valence-electron chi connectivity index (χ0n) is 9.48. The normalized spacial score (nSPS) is 11.0. The number of fused-ring (bicyclic) bond motifs is 1. The fourth-order valence-electron chi connectivity index (χ4n) is 2.04. The summed E-state index contributed by atoms with van der Waals surface area (Å²) in [6.07, 6.45) is 5.18. The summed E-state index contributed by atoms with van der Waals surface area (Å²) in [5, 5.41) is 1.25. The number of halogens is 2. The molecule has 0 saturated heterocycles. The summed E-state index contributed by atoms with van der Waals surface area (Å²) in [5.74, 6) is -0.202. The molecule has 0 atom stereocenters. The first-order chi connectivity index (χ1) is 8.75. The van der Waals surface area contributed by atoms with Crippen LogP contribution in [0.2, 0.25) is 5.02 Å². The quantitative estimate of drug-likeness (QED) is 0.684. The predicted octanol–water partition coefficient (Wildman–Crippen LogP) is 3.88. The smallest absolute Gasteiger partial charge is 0.132 e. The Kier molecular flexibility index (Phi) is 2.76. The van der Waals surface area contributed by atoms with Crippen molar-refractivity contribution in [1.29, 1.82) is 0 Å². The van der Waals surface area contributed by atoms with Gasteiger partial charge in [0.1, 0.15) is 5.82 Å². The van der Waals surface area contributed by atoms with Crippen molar-refractivity contribution >= 4 is 22.5 Å². The molecule has 0 spiro atoms. The van der Waals surface area contributed by atoms with Crippen LogP contribution in [0.15, 0.2) is 48.9 Å². The Balaban J connectivity index is 2.06. The van der Waals surface area contributed by atoms with Gasteiger partial charge in [0.05, 0.1) is 10.5 Å². The highest BCUT2D eigenvalue weighted by atomic mass is 35.5. The lowest BCUT2D eigenvalue weighted by molar-refractivity contribution is 0.639. The Morgan fingerprint density at radius 1 is 1.22 bits per heavy atom. The van der Waals surface area contributed by atoms with E-state index >= 15 is 0 Å². The Labute approximate surface area is 109 Å². The minimum atomic E-state index is -0.202. The summed E-state index contributed by atoms with van der Waals surface area (Å²) in [6.45, 7) is 0.605. The Hall–Kier alpha value is -1.87. The van der Waals surface area contributed by atoms with E-state index < -0.39 is 0 Å². The lowest BCUT2D eigenvalue weighted by atomic mass is 10.2. The van der Waals surface area contributed by atoms with Crippen LogP contribution in [0.25, 0.3) is 10.9 Å². The summed E-state index contributed by atoms with van der Waals surface area (Å²) in [7, 11) is 0. The van der Waals surface area contributed by atoms with Crippen LogP contribution in [0.1, 0.15) is 5.56 Å². The van der Waals surface area contributed by atoms with Crippen LogP contribution in [0.5, 0.6) is 0 Å². The highest BCUT2D eigenvalue weighted by Crippen LogP contribution is 2.22. The molecule has 0 amide bonds. The van der Waals surface area contributed by atoms with Gasteiger partial charge in [-0.1, -0.05) is 17.7 Å². The molecular weight excluding hydrogens is 251 g/mol. The fraction of sp³-hybridized carbons (Fsp3) is 0.0714. The first kappa shape index (κ1) is 11.2. The van der Waals surface area contributed by atoms with E-state index in [4.69, 9.17) is 11.6 Å². The van der Waals surface area contributed by atoms with Crippen molar-refractivity contribution < 1.29 is 4.39 Å². The Morgan fingerprint density at radius 3 is 2.94 bits per heavy atom. The van der Waals surface area contributed by atoms with Crippen LogP contribution in [0.3, 0.4) is 0 Å². The van der Waals surface area contributed by atoms with Crippen molar-refractivity contribution in [2.45, 2.75) is 6.54 Å². The van der Waals surface area contributed by atoms with Crippen molar-refractivity contribution in [3.05, 3.63) is 65.3 Å². The minimum absolute atomic E-state index is 0.202. The van der Waals surface area contributed by atoms with Crippen molar-refractivity contribution in [1.82, 2.24) is 9.55 Å². The van der Waals surface area contributed by atoms with Gasteiger partial charge in [-0.2, -0.15) is 0 Å². The molecular formula is C14H10ClFN2. The number of benzene rings is 1. The van der Waals surface area contributed by atoms with Crippen LogP contribution in [-0.2, 0) is 6.54 Å². The predicted molar refractivity (Wildman–Crippen MR) is 70.2 cm³/mol. The molecule has 3 aromatic rings. The summed E-state index contributed by atoms with van der Waals surface area (Å²) < 4.78 is 15.5. The maximum atomic E-state index is 13.6. The molecule has 0 bridgehead atoms. The van der Waals surface area contributed by atoms with Gasteiger partial charge in [0.2, 0.25) is 0 Å². The molecule has 2 aromatic heterocycles. The van der Waals surface area contributed by atoms with E-state index in [9.17, 15) is 4.39 Å². The van der Waals surface area contributed by atoms with Gasteiger partial charge in [-0.3, -0.25) is 4.98 Å². The van der Waals surface area contributed by atoms with Crippen LogP contribution in [0, 0.1) is 5.82 Å². The monoisotopic (exact) mass is 260 g/mol. The summed E-state index contributed by atoms with van der Waals surface area (Å²) in [6, 6.07) is 8.72. The van der Waals surface area contributed by atoms with E-state index in [2.05, 4.69) is 4.98 Å². The average Bonchev–Trinajstić information content (AvgIpc) is 2.77. The fourth-order valence-corrected chi connectivity index (χ4v) is 2.22. The second-order valence-electron chi connectivity index (χ2n) is 4.08. The van der Waals surface area contributed by atoms with Crippen molar-refractivity contribution in [3.63, 3.8) is 0 Å².